The summed E-state index contributed by atoms with van der Waals surface area (Å²) in [5.74, 6) is 0.297. The first-order valence-electron chi connectivity index (χ1n) is 11.5. The van der Waals surface area contributed by atoms with Crippen LogP contribution in [0.1, 0.15) is 55.1 Å². The minimum absolute atomic E-state index is 0.118. The third-order valence-electron chi connectivity index (χ3n) is 7.67. The number of carbonyl (C=O) groups excluding carboxylic acids is 2. The van der Waals surface area contributed by atoms with E-state index in [0.717, 1.165) is 57.3 Å². The molecule has 1 saturated carbocycles. The van der Waals surface area contributed by atoms with Crippen LogP contribution in [0.15, 0.2) is 18.2 Å². The van der Waals surface area contributed by atoms with Gasteiger partial charge in [0.05, 0.1) is 5.52 Å². The molecule has 5 rings (SSSR count). The van der Waals surface area contributed by atoms with Crippen LogP contribution in [0.5, 0.6) is 0 Å². The second kappa shape index (κ2) is 7.93. The summed E-state index contributed by atoms with van der Waals surface area (Å²) >= 11 is 0. The largest absolute Gasteiger partial charge is 0.350 e. The van der Waals surface area contributed by atoms with E-state index in [-0.39, 0.29) is 23.7 Å². The number of hydrogen-bond acceptors (Lipinski definition) is 3. The summed E-state index contributed by atoms with van der Waals surface area (Å²) in [6, 6.07) is 5.70. The number of rotatable bonds is 3. The van der Waals surface area contributed by atoms with Crippen molar-refractivity contribution in [2.45, 2.75) is 64.1 Å². The zero-order chi connectivity index (χ0) is 21.7. The minimum Gasteiger partial charge on any atom is -0.350 e. The van der Waals surface area contributed by atoms with E-state index in [9.17, 15) is 14.0 Å². The summed E-state index contributed by atoms with van der Waals surface area (Å²) < 4.78 is 14.1. The lowest BCUT2D eigenvalue weighted by Crippen LogP contribution is -2.46. The molecule has 0 unspecified atom stereocenters. The molecule has 6 nitrogen and oxygen atoms in total. The Hall–Kier alpha value is -2.41. The van der Waals surface area contributed by atoms with E-state index in [1.807, 2.05) is 11.8 Å². The molecule has 31 heavy (non-hydrogen) atoms. The van der Waals surface area contributed by atoms with Gasteiger partial charge in [-0.15, -0.1) is 0 Å². The third-order valence-corrected chi connectivity index (χ3v) is 7.67. The maximum Gasteiger partial charge on any atom is 0.267 e. The number of aromatic amines is 1. The molecule has 4 atom stereocenters. The molecule has 2 aromatic rings. The van der Waals surface area contributed by atoms with Gasteiger partial charge in [0, 0.05) is 50.1 Å². The molecule has 0 spiro atoms. The lowest BCUT2D eigenvalue weighted by atomic mass is 9.90. The number of halogens is 1. The van der Waals surface area contributed by atoms with Gasteiger partial charge in [0.2, 0.25) is 5.91 Å². The van der Waals surface area contributed by atoms with Crippen molar-refractivity contribution >= 4 is 22.7 Å². The standard InChI is InChI=1S/C24H31FN4O2/c1-14-6-7-20(25)19-11-21(27-23(14)19)24(31)26-17-4-3-5-18(10-17)28-12-16-8-9-29(15(2)30)22(16)13-28/h6-7,11,16-18,22,27H,3-5,8-10,12-13H2,1-2H3,(H,26,31)/t16-,17-,18+,22+/m1/s1. The van der Waals surface area contributed by atoms with Crippen molar-refractivity contribution in [2.75, 3.05) is 19.6 Å². The summed E-state index contributed by atoms with van der Waals surface area (Å²) in [5.41, 5.74) is 2.02. The van der Waals surface area contributed by atoms with E-state index < -0.39 is 0 Å². The zero-order valence-corrected chi connectivity index (χ0v) is 18.3. The molecule has 3 heterocycles. The summed E-state index contributed by atoms with van der Waals surface area (Å²) in [6.45, 7) is 6.49. The molecule has 2 amide bonds. The molecular weight excluding hydrogens is 395 g/mol. The molecule has 0 radical (unpaired) electrons. The smallest absolute Gasteiger partial charge is 0.267 e. The Morgan fingerprint density at radius 1 is 1.19 bits per heavy atom. The number of carbonyl (C=O) groups is 2. The maximum atomic E-state index is 14.1. The van der Waals surface area contributed by atoms with Crippen LogP contribution in [-0.4, -0.2) is 64.4 Å². The van der Waals surface area contributed by atoms with E-state index in [1.165, 1.54) is 6.07 Å². The lowest BCUT2D eigenvalue weighted by Gasteiger charge is -2.36. The van der Waals surface area contributed by atoms with Crippen molar-refractivity contribution in [1.82, 2.24) is 20.1 Å². The molecule has 166 valence electrons. The molecule has 0 bridgehead atoms. The first-order valence-corrected chi connectivity index (χ1v) is 11.5. The van der Waals surface area contributed by atoms with Gasteiger partial charge >= 0.3 is 0 Å². The molecule has 2 N–H and O–H groups in total. The van der Waals surface area contributed by atoms with Crippen molar-refractivity contribution in [3.8, 4) is 0 Å². The predicted octanol–water partition coefficient (Wildman–Crippen LogP) is 3.21. The summed E-state index contributed by atoms with van der Waals surface area (Å²) in [6.07, 6.45) is 5.22. The number of nitrogens with zero attached hydrogens (tertiary/aromatic N) is 2. The summed E-state index contributed by atoms with van der Waals surface area (Å²) in [4.78, 5) is 32.5. The van der Waals surface area contributed by atoms with Crippen molar-refractivity contribution in [2.24, 2.45) is 5.92 Å². The average Bonchev–Trinajstić information content (AvgIpc) is 3.44. The van der Waals surface area contributed by atoms with Crippen molar-refractivity contribution in [3.63, 3.8) is 0 Å². The van der Waals surface area contributed by atoms with Crippen LogP contribution in [-0.2, 0) is 4.79 Å². The number of aromatic nitrogens is 1. The molecule has 3 aliphatic rings. The van der Waals surface area contributed by atoms with Crippen LogP contribution in [0.25, 0.3) is 10.9 Å². The van der Waals surface area contributed by atoms with E-state index in [2.05, 4.69) is 15.2 Å². The Balaban J connectivity index is 1.23. The number of likely N-dealkylation sites (tertiary alicyclic amines) is 2. The molecule has 7 heteroatoms. The monoisotopic (exact) mass is 426 g/mol. The fourth-order valence-corrected chi connectivity index (χ4v) is 6.02. The number of H-pyrrole nitrogens is 1. The fourth-order valence-electron chi connectivity index (χ4n) is 6.02. The quantitative estimate of drug-likeness (QED) is 0.792. The third kappa shape index (κ3) is 3.73. The summed E-state index contributed by atoms with van der Waals surface area (Å²) in [7, 11) is 0. The molecule has 2 aliphatic heterocycles. The molecule has 1 aromatic heterocycles. The van der Waals surface area contributed by atoms with Crippen LogP contribution in [0, 0.1) is 18.7 Å². The van der Waals surface area contributed by atoms with E-state index in [0.29, 0.717) is 34.6 Å². The topological polar surface area (TPSA) is 68.4 Å². The second-order valence-electron chi connectivity index (χ2n) is 9.61. The van der Waals surface area contributed by atoms with Gasteiger partial charge in [0.1, 0.15) is 11.5 Å². The predicted molar refractivity (Wildman–Crippen MR) is 117 cm³/mol. The van der Waals surface area contributed by atoms with Crippen LogP contribution < -0.4 is 5.32 Å². The molecule has 1 aromatic carbocycles. The Labute approximate surface area is 182 Å². The Kier molecular flexibility index (Phi) is 5.24. The second-order valence-corrected chi connectivity index (χ2v) is 9.61. The number of hydrogen-bond donors (Lipinski definition) is 2. The van der Waals surface area contributed by atoms with E-state index in [1.54, 1.807) is 19.1 Å². The molecule has 3 fully saturated rings. The van der Waals surface area contributed by atoms with Gasteiger partial charge in [-0.3, -0.25) is 14.5 Å². The van der Waals surface area contributed by atoms with E-state index in [4.69, 9.17) is 0 Å². The number of aryl methyl sites for hydroxylation is 1. The Morgan fingerprint density at radius 2 is 2.03 bits per heavy atom. The van der Waals surface area contributed by atoms with Crippen LogP contribution in [0.3, 0.4) is 0 Å². The fraction of sp³-hybridized carbons (Fsp3) is 0.583. The maximum absolute atomic E-state index is 14.1. The minimum atomic E-state index is -0.312. The molecule has 1 aliphatic carbocycles. The van der Waals surface area contributed by atoms with Crippen LogP contribution in [0.2, 0.25) is 0 Å². The normalized spacial score (nSPS) is 28.8. The highest BCUT2D eigenvalue weighted by molar-refractivity contribution is 5.99. The van der Waals surface area contributed by atoms with Crippen molar-refractivity contribution in [1.29, 1.82) is 0 Å². The number of amides is 2. The average molecular weight is 427 g/mol. The van der Waals surface area contributed by atoms with Gasteiger partial charge in [-0.05, 0) is 62.6 Å². The number of nitrogens with one attached hydrogen (secondary N) is 2. The number of benzene rings is 1. The first-order chi connectivity index (χ1) is 14.9. The Morgan fingerprint density at radius 3 is 2.81 bits per heavy atom. The highest BCUT2D eigenvalue weighted by Crippen LogP contribution is 2.35. The molecular formula is C24H31FN4O2. The highest BCUT2D eigenvalue weighted by atomic mass is 19.1. The van der Waals surface area contributed by atoms with Crippen LogP contribution >= 0.6 is 0 Å². The van der Waals surface area contributed by atoms with Gasteiger partial charge < -0.3 is 15.2 Å². The van der Waals surface area contributed by atoms with Crippen molar-refractivity contribution < 1.29 is 14.0 Å². The summed E-state index contributed by atoms with van der Waals surface area (Å²) in [5, 5.41) is 3.65. The van der Waals surface area contributed by atoms with Crippen LogP contribution in [0.4, 0.5) is 4.39 Å². The number of fused-ring (bicyclic) bond motifs is 2. The van der Waals surface area contributed by atoms with Gasteiger partial charge in [-0.2, -0.15) is 0 Å². The SMILES string of the molecule is CC(=O)N1CC[C@@H]2CN([C@H]3CCC[C@@H](NC(=O)c4cc5c(F)ccc(C)c5[nH]4)C3)C[C@@H]21. The molecule has 2 saturated heterocycles. The van der Waals surface area contributed by atoms with E-state index >= 15 is 0 Å². The lowest BCUT2D eigenvalue weighted by molar-refractivity contribution is -0.129. The van der Waals surface area contributed by atoms with Gasteiger partial charge in [0.25, 0.3) is 5.91 Å². The van der Waals surface area contributed by atoms with Gasteiger partial charge in [0.15, 0.2) is 0 Å². The highest BCUT2D eigenvalue weighted by Gasteiger charge is 2.44. The first kappa shape index (κ1) is 20.5. The van der Waals surface area contributed by atoms with Gasteiger partial charge in [-0.25, -0.2) is 4.39 Å². The van der Waals surface area contributed by atoms with Crippen molar-refractivity contribution in [3.05, 3.63) is 35.3 Å². The van der Waals surface area contributed by atoms with Gasteiger partial charge in [-0.1, -0.05) is 6.07 Å². The Bertz CT molecular complexity index is 979. The zero-order valence-electron chi connectivity index (χ0n) is 18.3.